The number of carbonyl (C=O) groups excluding carboxylic acids is 2. The van der Waals surface area contributed by atoms with Gasteiger partial charge in [-0.2, -0.15) is 0 Å². The predicted octanol–water partition coefficient (Wildman–Crippen LogP) is 3.19. The number of hydrogen-bond acceptors (Lipinski definition) is 4. The van der Waals surface area contributed by atoms with Crippen LogP contribution in [0.1, 0.15) is 41.3 Å². The number of piperidine rings is 1. The van der Waals surface area contributed by atoms with Crippen molar-refractivity contribution < 1.29 is 9.59 Å². The number of carbonyl (C=O) groups is 2. The first kappa shape index (κ1) is 23.5. The van der Waals surface area contributed by atoms with E-state index in [-0.39, 0.29) is 18.4 Å². The molecule has 3 rings (SSSR count). The molecule has 1 saturated heterocycles. The largest absolute Gasteiger partial charge is 0.398 e. The summed E-state index contributed by atoms with van der Waals surface area (Å²) >= 11 is 2.13. The van der Waals surface area contributed by atoms with Gasteiger partial charge in [0, 0.05) is 22.3 Å². The summed E-state index contributed by atoms with van der Waals surface area (Å²) in [4.78, 5) is 26.9. The summed E-state index contributed by atoms with van der Waals surface area (Å²) < 4.78 is 0.922. The summed E-state index contributed by atoms with van der Waals surface area (Å²) in [5.41, 5.74) is 9.39. The lowest BCUT2D eigenvalue weighted by atomic mass is 9.96. The van der Waals surface area contributed by atoms with E-state index in [1.165, 1.54) is 11.1 Å². The van der Waals surface area contributed by atoms with Crippen LogP contribution in [0.2, 0.25) is 0 Å². The van der Waals surface area contributed by atoms with Gasteiger partial charge in [0.25, 0.3) is 5.91 Å². The number of likely N-dealkylation sites (tertiary alicyclic amines) is 1. The first-order valence-electron chi connectivity index (χ1n) is 10.8. The fourth-order valence-corrected chi connectivity index (χ4v) is 4.28. The number of anilines is 1. The van der Waals surface area contributed by atoms with Gasteiger partial charge in [0.1, 0.15) is 0 Å². The van der Waals surface area contributed by atoms with Gasteiger partial charge in [-0.15, -0.1) is 0 Å². The number of halogens is 1. The molecule has 0 aromatic heterocycles. The summed E-state index contributed by atoms with van der Waals surface area (Å²) in [5, 5.41) is 5.61. The Balaban J connectivity index is 1.34. The Bertz CT molecular complexity index is 893. The van der Waals surface area contributed by atoms with E-state index in [1.807, 2.05) is 6.07 Å². The van der Waals surface area contributed by atoms with Crippen molar-refractivity contribution in [2.45, 2.75) is 32.7 Å². The number of amides is 2. The van der Waals surface area contributed by atoms with Crippen LogP contribution in [0.25, 0.3) is 0 Å². The highest BCUT2D eigenvalue weighted by atomic mass is 127. The highest BCUT2D eigenvalue weighted by Crippen LogP contribution is 2.19. The van der Waals surface area contributed by atoms with Crippen molar-refractivity contribution >= 4 is 40.1 Å². The van der Waals surface area contributed by atoms with Crippen LogP contribution in [0.3, 0.4) is 0 Å². The van der Waals surface area contributed by atoms with Crippen molar-refractivity contribution in [1.82, 2.24) is 15.5 Å². The van der Waals surface area contributed by atoms with Crippen molar-refractivity contribution in [3.63, 3.8) is 0 Å². The van der Waals surface area contributed by atoms with Crippen LogP contribution in [0.4, 0.5) is 5.69 Å². The number of hydrogen-bond donors (Lipinski definition) is 3. The number of rotatable bonds is 8. The molecule has 0 radical (unpaired) electrons. The van der Waals surface area contributed by atoms with Gasteiger partial charge in [-0.3, -0.25) is 14.5 Å². The van der Waals surface area contributed by atoms with Gasteiger partial charge in [0.2, 0.25) is 5.91 Å². The van der Waals surface area contributed by atoms with E-state index >= 15 is 0 Å². The second-order valence-electron chi connectivity index (χ2n) is 8.11. The van der Waals surface area contributed by atoms with Crippen molar-refractivity contribution in [3.8, 4) is 0 Å². The monoisotopic (exact) mass is 534 g/mol. The molecular formula is C24H31IN4O2. The summed E-state index contributed by atoms with van der Waals surface area (Å²) in [6, 6.07) is 14.1. The van der Waals surface area contributed by atoms with Gasteiger partial charge in [-0.25, -0.2) is 0 Å². The number of benzene rings is 2. The average Bonchev–Trinajstić information content (AvgIpc) is 2.79. The molecule has 1 heterocycles. The number of nitrogens with zero attached hydrogens (tertiary/aromatic N) is 1. The molecule has 0 aliphatic carbocycles. The summed E-state index contributed by atoms with van der Waals surface area (Å²) in [6.07, 6.45) is 3.21. The van der Waals surface area contributed by atoms with E-state index < -0.39 is 0 Å². The third-order valence-electron chi connectivity index (χ3n) is 5.80. The van der Waals surface area contributed by atoms with E-state index in [0.717, 1.165) is 42.5 Å². The van der Waals surface area contributed by atoms with Gasteiger partial charge in [-0.1, -0.05) is 31.2 Å². The Kier molecular flexibility index (Phi) is 8.71. The van der Waals surface area contributed by atoms with E-state index in [4.69, 9.17) is 5.73 Å². The lowest BCUT2D eigenvalue weighted by Gasteiger charge is -2.32. The first-order valence-corrected chi connectivity index (χ1v) is 11.9. The molecule has 1 aliphatic rings. The molecule has 1 fully saturated rings. The molecular weight excluding hydrogens is 503 g/mol. The molecule has 7 heteroatoms. The molecule has 2 aromatic carbocycles. The van der Waals surface area contributed by atoms with Gasteiger partial charge >= 0.3 is 0 Å². The van der Waals surface area contributed by atoms with E-state index in [1.54, 1.807) is 12.1 Å². The van der Waals surface area contributed by atoms with Crippen molar-refractivity contribution in [2.24, 2.45) is 5.92 Å². The van der Waals surface area contributed by atoms with Crippen LogP contribution < -0.4 is 16.4 Å². The summed E-state index contributed by atoms with van der Waals surface area (Å²) in [5.74, 6) is -0.0212. The van der Waals surface area contributed by atoms with Gasteiger partial charge < -0.3 is 16.4 Å². The molecule has 1 aliphatic heterocycles. The van der Waals surface area contributed by atoms with Crippen molar-refractivity contribution in [1.29, 1.82) is 0 Å². The van der Waals surface area contributed by atoms with Gasteiger partial charge in [0.15, 0.2) is 0 Å². The summed E-state index contributed by atoms with van der Waals surface area (Å²) in [7, 11) is 0. The maximum Gasteiger partial charge on any atom is 0.253 e. The third kappa shape index (κ3) is 7.21. The fraction of sp³-hybridized carbons (Fsp3) is 0.417. The Morgan fingerprint density at radius 3 is 2.42 bits per heavy atom. The molecule has 31 heavy (non-hydrogen) atoms. The number of nitrogen functional groups attached to an aromatic ring is 1. The zero-order valence-corrected chi connectivity index (χ0v) is 20.2. The fourth-order valence-electron chi connectivity index (χ4n) is 3.79. The van der Waals surface area contributed by atoms with Crippen molar-refractivity contribution in [2.75, 3.05) is 31.9 Å². The normalized spacial score (nSPS) is 14.9. The van der Waals surface area contributed by atoms with E-state index in [9.17, 15) is 9.59 Å². The second-order valence-corrected chi connectivity index (χ2v) is 9.35. The molecule has 6 nitrogen and oxygen atoms in total. The molecule has 0 saturated carbocycles. The molecule has 4 N–H and O–H groups in total. The smallest absolute Gasteiger partial charge is 0.253 e. The zero-order chi connectivity index (χ0) is 22.2. The average molecular weight is 534 g/mol. The molecule has 0 unspecified atom stereocenters. The van der Waals surface area contributed by atoms with Crippen LogP contribution in [0.15, 0.2) is 42.5 Å². The maximum absolute atomic E-state index is 12.3. The zero-order valence-electron chi connectivity index (χ0n) is 18.0. The molecule has 0 spiro atoms. The Labute approximate surface area is 198 Å². The Morgan fingerprint density at radius 2 is 1.74 bits per heavy atom. The van der Waals surface area contributed by atoms with E-state index in [2.05, 4.69) is 69.3 Å². The van der Waals surface area contributed by atoms with Crippen LogP contribution >= 0.6 is 22.6 Å². The minimum absolute atomic E-state index is 0.0453. The molecule has 0 atom stereocenters. The molecule has 0 bridgehead atoms. The Morgan fingerprint density at radius 1 is 1.06 bits per heavy atom. The summed E-state index contributed by atoms with van der Waals surface area (Å²) in [6.45, 7) is 5.84. The Hall–Kier alpha value is -2.13. The highest BCUT2D eigenvalue weighted by molar-refractivity contribution is 14.1. The molecule has 166 valence electrons. The highest BCUT2D eigenvalue weighted by Gasteiger charge is 2.20. The standard InChI is InChI=1S/C24H31IN4O2/c1-2-17-3-5-19(6-4-17)16-29-11-9-18(10-12-29)14-27-23(30)15-28-24(31)21-13-20(25)7-8-22(21)26/h3-8,13,18H,2,9-12,14-16,26H2,1H3,(H,27,30)(H,28,31). The lowest BCUT2D eigenvalue weighted by molar-refractivity contribution is -0.120. The SMILES string of the molecule is CCc1ccc(CN2CCC(CNC(=O)CNC(=O)c3cc(I)ccc3N)CC2)cc1. The van der Waals surface area contributed by atoms with E-state index in [0.29, 0.717) is 23.7 Å². The van der Waals surface area contributed by atoms with Crippen LogP contribution in [0.5, 0.6) is 0 Å². The number of nitrogens with two attached hydrogens (primary N) is 1. The third-order valence-corrected chi connectivity index (χ3v) is 6.47. The quantitative estimate of drug-likeness (QED) is 0.359. The topological polar surface area (TPSA) is 87.5 Å². The van der Waals surface area contributed by atoms with Crippen LogP contribution in [-0.4, -0.2) is 42.9 Å². The van der Waals surface area contributed by atoms with Crippen LogP contribution in [-0.2, 0) is 17.8 Å². The predicted molar refractivity (Wildman–Crippen MR) is 133 cm³/mol. The van der Waals surface area contributed by atoms with Crippen molar-refractivity contribution in [3.05, 3.63) is 62.7 Å². The minimum atomic E-state index is -0.327. The maximum atomic E-state index is 12.3. The minimum Gasteiger partial charge on any atom is -0.398 e. The lowest BCUT2D eigenvalue weighted by Crippen LogP contribution is -2.41. The first-order chi connectivity index (χ1) is 14.9. The van der Waals surface area contributed by atoms with Crippen LogP contribution in [0, 0.1) is 9.49 Å². The molecule has 2 amide bonds. The second kappa shape index (κ2) is 11.5. The number of aryl methyl sites for hydroxylation is 1. The van der Waals surface area contributed by atoms with Gasteiger partial charge in [0.05, 0.1) is 12.1 Å². The molecule has 2 aromatic rings. The van der Waals surface area contributed by atoms with Gasteiger partial charge in [-0.05, 0) is 90.2 Å². The number of nitrogens with one attached hydrogen (secondary N) is 2.